The Hall–Kier alpha value is -0.260. The fraction of sp³-hybridized carbons (Fsp3) is 0.500. The van der Waals surface area contributed by atoms with Crippen molar-refractivity contribution >= 4 is 26.7 Å². The molecule has 3 atom stereocenters. The van der Waals surface area contributed by atoms with Crippen molar-refractivity contribution in [3.8, 4) is 0 Å². The highest BCUT2D eigenvalue weighted by Gasteiger charge is 2.11. The van der Waals surface area contributed by atoms with Crippen LogP contribution in [0.25, 0.3) is 0 Å². The SMILES string of the molecule is CC(NCC(C)S(C)=O)c1ccc(F)c(Br)c1. The minimum absolute atomic E-state index is 0.109. The second-order valence-electron chi connectivity index (χ2n) is 4.11. The number of hydrogen-bond acceptors (Lipinski definition) is 2. The number of nitrogens with one attached hydrogen (secondary N) is 1. The van der Waals surface area contributed by atoms with Gasteiger partial charge in [-0.25, -0.2) is 4.39 Å². The molecule has 0 aliphatic heterocycles. The van der Waals surface area contributed by atoms with Gasteiger partial charge in [0.1, 0.15) is 5.82 Å². The maximum atomic E-state index is 13.1. The predicted molar refractivity (Wildman–Crippen MR) is 74.0 cm³/mol. The third kappa shape index (κ3) is 4.48. The highest BCUT2D eigenvalue weighted by atomic mass is 79.9. The molecule has 1 aromatic carbocycles. The number of hydrogen-bond donors (Lipinski definition) is 1. The van der Waals surface area contributed by atoms with Gasteiger partial charge in [-0.05, 0) is 47.5 Å². The lowest BCUT2D eigenvalue weighted by Crippen LogP contribution is -2.29. The molecule has 17 heavy (non-hydrogen) atoms. The molecule has 0 spiro atoms. The monoisotopic (exact) mass is 321 g/mol. The molecule has 0 aromatic heterocycles. The van der Waals surface area contributed by atoms with Gasteiger partial charge in [0.25, 0.3) is 0 Å². The first-order chi connectivity index (χ1) is 7.91. The van der Waals surface area contributed by atoms with Gasteiger partial charge in [-0.1, -0.05) is 6.07 Å². The fourth-order valence-corrected chi connectivity index (χ4v) is 2.09. The molecule has 0 fully saturated rings. The molecule has 5 heteroatoms. The summed E-state index contributed by atoms with van der Waals surface area (Å²) in [5.74, 6) is -0.260. The lowest BCUT2D eigenvalue weighted by molar-refractivity contribution is 0.565. The van der Waals surface area contributed by atoms with Crippen molar-refractivity contribution in [2.75, 3.05) is 12.8 Å². The van der Waals surface area contributed by atoms with E-state index in [9.17, 15) is 8.60 Å². The van der Waals surface area contributed by atoms with Gasteiger partial charge in [-0.15, -0.1) is 0 Å². The van der Waals surface area contributed by atoms with Crippen molar-refractivity contribution in [3.63, 3.8) is 0 Å². The van der Waals surface area contributed by atoms with Crippen molar-refractivity contribution < 1.29 is 8.60 Å². The first-order valence-corrected chi connectivity index (χ1v) is 7.83. The van der Waals surface area contributed by atoms with Gasteiger partial charge in [0.15, 0.2) is 0 Å². The third-order valence-electron chi connectivity index (χ3n) is 2.72. The van der Waals surface area contributed by atoms with E-state index in [1.165, 1.54) is 6.07 Å². The zero-order chi connectivity index (χ0) is 13.0. The van der Waals surface area contributed by atoms with Crippen LogP contribution in [0.2, 0.25) is 0 Å². The first kappa shape index (κ1) is 14.8. The average Bonchev–Trinajstić information content (AvgIpc) is 2.28. The number of benzene rings is 1. The Morgan fingerprint density at radius 3 is 2.65 bits per heavy atom. The topological polar surface area (TPSA) is 29.1 Å². The smallest absolute Gasteiger partial charge is 0.137 e. The van der Waals surface area contributed by atoms with Crippen molar-refractivity contribution in [1.82, 2.24) is 5.32 Å². The molecule has 3 unspecified atom stereocenters. The predicted octanol–water partition coefficient (Wildman–Crippen LogP) is 3.01. The van der Waals surface area contributed by atoms with E-state index in [4.69, 9.17) is 0 Å². The summed E-state index contributed by atoms with van der Waals surface area (Å²) in [6, 6.07) is 5.07. The van der Waals surface area contributed by atoms with E-state index >= 15 is 0 Å². The first-order valence-electron chi connectivity index (χ1n) is 5.42. The molecular weight excluding hydrogens is 305 g/mol. The summed E-state index contributed by atoms with van der Waals surface area (Å²) < 4.78 is 24.7. The third-order valence-corrected chi connectivity index (χ3v) is 4.63. The summed E-state index contributed by atoms with van der Waals surface area (Å²) in [7, 11) is -0.823. The van der Waals surface area contributed by atoms with E-state index in [2.05, 4.69) is 21.2 Å². The molecule has 0 aliphatic carbocycles. The van der Waals surface area contributed by atoms with Crippen LogP contribution in [0.15, 0.2) is 22.7 Å². The van der Waals surface area contributed by atoms with Crippen molar-refractivity contribution in [3.05, 3.63) is 34.1 Å². The molecule has 1 aromatic rings. The van der Waals surface area contributed by atoms with Gasteiger partial charge in [-0.3, -0.25) is 4.21 Å². The summed E-state index contributed by atoms with van der Waals surface area (Å²) in [6.45, 7) is 4.63. The average molecular weight is 322 g/mol. The van der Waals surface area contributed by atoms with E-state index in [-0.39, 0.29) is 17.1 Å². The van der Waals surface area contributed by atoms with Gasteiger partial charge < -0.3 is 5.32 Å². The molecule has 0 saturated carbocycles. The standard InChI is InChI=1S/C12H17BrFNOS/c1-8(17(3)16)7-15-9(2)10-4-5-12(14)11(13)6-10/h4-6,8-9,15H,7H2,1-3H3. The van der Waals surface area contributed by atoms with Crippen LogP contribution in [-0.4, -0.2) is 22.3 Å². The summed E-state index contributed by atoms with van der Waals surface area (Å²) >= 11 is 3.17. The van der Waals surface area contributed by atoms with Gasteiger partial charge in [0, 0.05) is 34.9 Å². The van der Waals surface area contributed by atoms with Crippen molar-refractivity contribution in [2.24, 2.45) is 0 Å². The number of halogens is 2. The summed E-state index contributed by atoms with van der Waals surface area (Å²) in [4.78, 5) is 0. The molecule has 96 valence electrons. The van der Waals surface area contributed by atoms with Crippen LogP contribution in [0.4, 0.5) is 4.39 Å². The second-order valence-corrected chi connectivity index (χ2v) is 6.77. The Balaban J connectivity index is 2.60. The Labute approximate surface area is 113 Å². The van der Waals surface area contributed by atoms with Gasteiger partial charge in [0.05, 0.1) is 4.47 Å². The van der Waals surface area contributed by atoms with E-state index in [1.807, 2.05) is 13.8 Å². The lowest BCUT2D eigenvalue weighted by Gasteiger charge is -2.17. The zero-order valence-corrected chi connectivity index (χ0v) is 12.6. The van der Waals surface area contributed by atoms with Gasteiger partial charge in [0.2, 0.25) is 0 Å². The molecule has 0 amide bonds. The van der Waals surface area contributed by atoms with Crippen molar-refractivity contribution in [2.45, 2.75) is 25.1 Å². The van der Waals surface area contributed by atoms with Gasteiger partial charge >= 0.3 is 0 Å². The molecule has 0 bridgehead atoms. The Bertz CT molecular complexity index is 413. The van der Waals surface area contributed by atoms with Gasteiger partial charge in [-0.2, -0.15) is 0 Å². The maximum absolute atomic E-state index is 13.1. The molecule has 0 radical (unpaired) electrons. The van der Waals surface area contributed by atoms with E-state index < -0.39 is 10.8 Å². The molecule has 0 heterocycles. The van der Waals surface area contributed by atoms with E-state index in [1.54, 1.807) is 18.4 Å². The molecular formula is C12H17BrFNOS. The molecule has 1 rings (SSSR count). The fourth-order valence-electron chi connectivity index (χ4n) is 1.36. The Morgan fingerprint density at radius 1 is 1.47 bits per heavy atom. The molecule has 0 saturated heterocycles. The maximum Gasteiger partial charge on any atom is 0.137 e. The van der Waals surface area contributed by atoms with Crippen molar-refractivity contribution in [1.29, 1.82) is 0 Å². The quantitative estimate of drug-likeness (QED) is 0.903. The second kappa shape index (κ2) is 6.61. The van der Waals surface area contributed by atoms with Crippen LogP contribution in [0.1, 0.15) is 25.5 Å². The summed E-state index contributed by atoms with van der Waals surface area (Å²) in [5, 5.41) is 3.40. The highest BCUT2D eigenvalue weighted by Crippen LogP contribution is 2.21. The van der Waals surface area contributed by atoms with Crippen LogP contribution in [0.3, 0.4) is 0 Å². The highest BCUT2D eigenvalue weighted by molar-refractivity contribution is 9.10. The minimum atomic E-state index is -0.823. The van der Waals surface area contributed by atoms with Crippen LogP contribution < -0.4 is 5.32 Å². The van der Waals surface area contributed by atoms with Crippen LogP contribution in [0.5, 0.6) is 0 Å². The van der Waals surface area contributed by atoms with E-state index in [0.717, 1.165) is 5.56 Å². The minimum Gasteiger partial charge on any atom is -0.309 e. The Morgan fingerprint density at radius 2 is 2.12 bits per heavy atom. The summed E-state index contributed by atoms with van der Waals surface area (Å²) in [5.41, 5.74) is 1.01. The van der Waals surface area contributed by atoms with Crippen LogP contribution in [0, 0.1) is 5.82 Å². The van der Waals surface area contributed by atoms with Crippen LogP contribution >= 0.6 is 15.9 Å². The molecule has 0 aliphatic rings. The molecule has 2 nitrogen and oxygen atoms in total. The zero-order valence-electron chi connectivity index (χ0n) is 10.2. The summed E-state index contributed by atoms with van der Waals surface area (Å²) in [6.07, 6.45) is 1.70. The Kier molecular flexibility index (Phi) is 5.76. The normalized spacial score (nSPS) is 16.5. The number of rotatable bonds is 5. The van der Waals surface area contributed by atoms with E-state index in [0.29, 0.717) is 11.0 Å². The largest absolute Gasteiger partial charge is 0.309 e. The van der Waals surface area contributed by atoms with Crippen LogP contribution in [-0.2, 0) is 10.8 Å². The molecule has 1 N–H and O–H groups in total. The lowest BCUT2D eigenvalue weighted by atomic mass is 10.1.